The lowest BCUT2D eigenvalue weighted by atomic mass is 10.1. The third kappa shape index (κ3) is 7.15. The van der Waals surface area contributed by atoms with Crippen LogP contribution in [0.25, 0.3) is 10.4 Å². The molecule has 132 valence electrons. The Hall–Kier alpha value is -1.38. The Morgan fingerprint density at radius 1 is 1.39 bits per heavy atom. The second kappa shape index (κ2) is 11.2. The average molecular weight is 328 g/mol. The van der Waals surface area contributed by atoms with Crippen LogP contribution in [0.15, 0.2) is 5.11 Å². The van der Waals surface area contributed by atoms with Crippen molar-refractivity contribution in [2.45, 2.75) is 18.5 Å². The number of carbonyl (C=O) groups excluding carboxylic acids is 1. The molecule has 1 amide bonds. The maximum atomic E-state index is 12.4. The van der Waals surface area contributed by atoms with Crippen LogP contribution in [0.2, 0.25) is 0 Å². The van der Waals surface area contributed by atoms with E-state index < -0.39 is 0 Å². The van der Waals surface area contributed by atoms with E-state index in [4.69, 9.17) is 15.0 Å². The fourth-order valence-corrected chi connectivity index (χ4v) is 2.48. The number of nitrogens with one attached hydrogen (secondary N) is 1. The molecule has 0 bridgehead atoms. The van der Waals surface area contributed by atoms with Crippen LogP contribution in [0.1, 0.15) is 6.42 Å². The van der Waals surface area contributed by atoms with Crippen LogP contribution in [-0.4, -0.2) is 95.0 Å². The molecule has 0 unspecified atom stereocenters. The van der Waals surface area contributed by atoms with E-state index >= 15 is 0 Å². The first-order valence-corrected chi connectivity index (χ1v) is 7.89. The summed E-state index contributed by atoms with van der Waals surface area (Å²) in [5.41, 5.74) is 8.50. The van der Waals surface area contributed by atoms with E-state index in [1.165, 1.54) is 0 Å². The highest BCUT2D eigenvalue weighted by atomic mass is 16.5. The Labute approximate surface area is 137 Å². The van der Waals surface area contributed by atoms with Gasteiger partial charge in [-0.25, -0.2) is 0 Å². The number of azide groups is 1. The quantitative estimate of drug-likeness (QED) is 0.250. The molecule has 0 spiro atoms. The molecule has 23 heavy (non-hydrogen) atoms. The summed E-state index contributed by atoms with van der Waals surface area (Å²) in [5, 5.41) is 6.71. The van der Waals surface area contributed by atoms with Crippen molar-refractivity contribution in [2.24, 2.45) is 5.11 Å². The monoisotopic (exact) mass is 328 g/mol. The van der Waals surface area contributed by atoms with Gasteiger partial charge in [0, 0.05) is 31.6 Å². The Morgan fingerprint density at radius 2 is 2.09 bits per heavy atom. The lowest BCUT2D eigenvalue weighted by Gasteiger charge is -2.25. The number of likely N-dealkylation sites (N-methyl/N-ethyl adjacent to an activating group) is 3. The van der Waals surface area contributed by atoms with Crippen molar-refractivity contribution < 1.29 is 14.3 Å². The van der Waals surface area contributed by atoms with Crippen molar-refractivity contribution in [1.82, 2.24) is 15.1 Å². The summed E-state index contributed by atoms with van der Waals surface area (Å²) in [6, 6.07) is -0.348. The lowest BCUT2D eigenvalue weighted by molar-refractivity contribution is -0.135. The highest BCUT2D eigenvalue weighted by Crippen LogP contribution is 2.20. The Balaban J connectivity index is 2.18. The number of nitrogens with zero attached hydrogens (tertiary/aromatic N) is 5. The number of rotatable bonds is 11. The predicted octanol–water partition coefficient (Wildman–Crippen LogP) is 0.0804. The standard InChI is InChI=1S/C14H28N6O3/c1-16-4-6-22-8-9-23-7-5-19(2)14(21)13-10-12(17-18-15)11-20(13)3/h12-13,16H,4-11H2,1-3H3/t12-,13-/m0/s1. The third-order valence-electron chi connectivity index (χ3n) is 3.84. The summed E-state index contributed by atoms with van der Waals surface area (Å²) < 4.78 is 10.8. The Bertz CT molecular complexity index is 402. The SMILES string of the molecule is CNCCOCCOCCN(C)C(=O)[C@@H]1C[C@H](N=[N+]=[N-])CN1C. The van der Waals surface area contributed by atoms with Crippen LogP contribution in [-0.2, 0) is 14.3 Å². The van der Waals surface area contributed by atoms with E-state index in [-0.39, 0.29) is 18.0 Å². The average Bonchev–Trinajstić information content (AvgIpc) is 2.90. The number of ether oxygens (including phenoxy) is 2. The molecule has 1 saturated heterocycles. The molecule has 1 fully saturated rings. The van der Waals surface area contributed by atoms with Gasteiger partial charge in [-0.3, -0.25) is 9.69 Å². The summed E-state index contributed by atoms with van der Waals surface area (Å²) in [5.74, 6) is 0.0389. The molecule has 0 radical (unpaired) electrons. The maximum absolute atomic E-state index is 12.4. The number of likely N-dealkylation sites (tertiary alicyclic amines) is 1. The van der Waals surface area contributed by atoms with E-state index in [9.17, 15) is 4.79 Å². The van der Waals surface area contributed by atoms with Gasteiger partial charge in [0.1, 0.15) is 0 Å². The van der Waals surface area contributed by atoms with Crippen molar-refractivity contribution in [3.63, 3.8) is 0 Å². The molecule has 9 nitrogen and oxygen atoms in total. The fraction of sp³-hybridized carbons (Fsp3) is 0.929. The molecule has 0 aliphatic carbocycles. The van der Waals surface area contributed by atoms with Crippen LogP contribution >= 0.6 is 0 Å². The van der Waals surface area contributed by atoms with Crippen molar-refractivity contribution in [3.8, 4) is 0 Å². The molecule has 1 aliphatic heterocycles. The Kier molecular flexibility index (Phi) is 9.58. The van der Waals surface area contributed by atoms with Crippen molar-refractivity contribution in [3.05, 3.63) is 10.4 Å². The molecular weight excluding hydrogens is 300 g/mol. The molecule has 0 saturated carbocycles. The van der Waals surface area contributed by atoms with Gasteiger partial charge in [-0.05, 0) is 26.0 Å². The molecule has 1 heterocycles. The second-order valence-electron chi connectivity index (χ2n) is 5.64. The van der Waals surface area contributed by atoms with Gasteiger partial charge in [0.05, 0.1) is 38.5 Å². The maximum Gasteiger partial charge on any atom is 0.239 e. The van der Waals surface area contributed by atoms with Crippen LogP contribution < -0.4 is 5.32 Å². The molecule has 1 N–H and O–H groups in total. The van der Waals surface area contributed by atoms with Crippen LogP contribution in [0.4, 0.5) is 0 Å². The van der Waals surface area contributed by atoms with Gasteiger partial charge in [-0.15, -0.1) is 0 Å². The first-order chi connectivity index (χ1) is 11.1. The van der Waals surface area contributed by atoms with E-state index in [1.807, 2.05) is 19.0 Å². The number of hydrogen-bond acceptors (Lipinski definition) is 6. The van der Waals surface area contributed by atoms with Crippen molar-refractivity contribution in [2.75, 3.05) is 67.2 Å². The largest absolute Gasteiger partial charge is 0.378 e. The first-order valence-electron chi connectivity index (χ1n) is 7.89. The van der Waals surface area contributed by atoms with Gasteiger partial charge >= 0.3 is 0 Å². The van der Waals surface area contributed by atoms with E-state index in [0.29, 0.717) is 45.9 Å². The number of carbonyl (C=O) groups is 1. The molecule has 0 aromatic rings. The molecule has 0 aromatic carbocycles. The number of amides is 1. The first kappa shape index (κ1) is 19.7. The third-order valence-corrected chi connectivity index (χ3v) is 3.84. The highest BCUT2D eigenvalue weighted by molar-refractivity contribution is 5.82. The van der Waals surface area contributed by atoms with Gasteiger partial charge in [0.2, 0.25) is 5.91 Å². The minimum Gasteiger partial charge on any atom is -0.378 e. The summed E-state index contributed by atoms with van der Waals surface area (Å²) in [6.45, 7) is 4.20. The van der Waals surface area contributed by atoms with Crippen LogP contribution in [0.5, 0.6) is 0 Å². The zero-order valence-electron chi connectivity index (χ0n) is 14.3. The second-order valence-corrected chi connectivity index (χ2v) is 5.64. The zero-order chi connectivity index (χ0) is 17.1. The van der Waals surface area contributed by atoms with Gasteiger partial charge in [0.25, 0.3) is 0 Å². The smallest absolute Gasteiger partial charge is 0.239 e. The fourth-order valence-electron chi connectivity index (χ4n) is 2.48. The van der Waals surface area contributed by atoms with Crippen LogP contribution in [0, 0.1) is 0 Å². The summed E-state index contributed by atoms with van der Waals surface area (Å²) in [6.07, 6.45) is 0.573. The molecule has 0 aromatic heterocycles. The summed E-state index contributed by atoms with van der Waals surface area (Å²) >= 11 is 0. The minimum absolute atomic E-state index is 0.0389. The van der Waals surface area contributed by atoms with Crippen LogP contribution in [0.3, 0.4) is 0 Å². The normalized spacial score (nSPS) is 21.2. The van der Waals surface area contributed by atoms with Gasteiger partial charge in [0.15, 0.2) is 0 Å². The van der Waals surface area contributed by atoms with Crippen molar-refractivity contribution in [1.29, 1.82) is 0 Å². The number of hydrogen-bond donors (Lipinski definition) is 1. The van der Waals surface area contributed by atoms with E-state index in [0.717, 1.165) is 6.54 Å². The van der Waals surface area contributed by atoms with E-state index in [2.05, 4.69) is 15.3 Å². The minimum atomic E-state index is -0.222. The van der Waals surface area contributed by atoms with E-state index in [1.54, 1.807) is 11.9 Å². The molecule has 9 heteroatoms. The van der Waals surface area contributed by atoms with Crippen molar-refractivity contribution >= 4 is 5.91 Å². The molecule has 1 aliphatic rings. The van der Waals surface area contributed by atoms with Gasteiger partial charge < -0.3 is 19.7 Å². The summed E-state index contributed by atoms with van der Waals surface area (Å²) in [4.78, 5) is 18.8. The summed E-state index contributed by atoms with van der Waals surface area (Å²) in [7, 11) is 5.52. The predicted molar refractivity (Wildman–Crippen MR) is 87.2 cm³/mol. The molecule has 2 atom stereocenters. The molecule has 1 rings (SSSR count). The lowest BCUT2D eigenvalue weighted by Crippen LogP contribution is -2.43. The highest BCUT2D eigenvalue weighted by Gasteiger charge is 2.35. The topological polar surface area (TPSA) is 103 Å². The molecular formula is C14H28N6O3. The van der Waals surface area contributed by atoms with Gasteiger partial charge in [-0.2, -0.15) is 0 Å². The van der Waals surface area contributed by atoms with Gasteiger partial charge in [-0.1, -0.05) is 5.11 Å². The Morgan fingerprint density at radius 3 is 2.74 bits per heavy atom. The zero-order valence-corrected chi connectivity index (χ0v) is 14.3.